The van der Waals surface area contributed by atoms with Crippen LogP contribution >= 0.6 is 30.4 Å². The van der Waals surface area contributed by atoms with Crippen molar-refractivity contribution in [3.8, 4) is 0 Å². The zero-order valence-corrected chi connectivity index (χ0v) is 13.6. The summed E-state index contributed by atoms with van der Waals surface area (Å²) in [7, 11) is -26.9. The van der Waals surface area contributed by atoms with E-state index in [1.54, 1.807) is 0 Å². The van der Waals surface area contributed by atoms with E-state index in [1.807, 2.05) is 0 Å². The minimum Gasteiger partial charge on any atom is -0.808 e. The smallest absolute Gasteiger partial charge is 0.117 e. The zero-order valence-electron chi connectivity index (χ0n) is 10.00. The van der Waals surface area contributed by atoms with Gasteiger partial charge in [0.05, 0.1) is 0 Å². The first-order valence-corrected chi connectivity index (χ1v) is 10.9. The van der Waals surface area contributed by atoms with Crippen LogP contribution in [0.5, 0.6) is 0 Å². The van der Waals surface area contributed by atoms with Crippen molar-refractivity contribution in [2.24, 2.45) is 0 Å². The molecule has 0 saturated heterocycles. The molecule has 0 radical (unpaired) electrons. The quantitative estimate of drug-likeness (QED) is 0.374. The maximum atomic E-state index is 10.6. The van der Waals surface area contributed by atoms with Crippen molar-refractivity contribution >= 4 is 30.4 Å². The molecule has 134 valence electrons. The van der Waals surface area contributed by atoms with Gasteiger partial charge in [0.1, 0.15) is 10.2 Å². The second kappa shape index (κ2) is 6.11. The standard InChI is InChI=1S/C4H14O14P4/c5-3(19(7,8)9,20(10,11)12)1-2-4(6,21(13,14)15)22(16,17)18/h5-6H,1-2H2,(H2,7,8,9)(H2,10,11,12)(H2,13,14,15)(H2,16,17,18)/p-8. The summed E-state index contributed by atoms with van der Waals surface area (Å²) in [6, 6.07) is 0. The zero-order chi connectivity index (χ0) is 18.4. The van der Waals surface area contributed by atoms with Crippen LogP contribution in [0.3, 0.4) is 0 Å². The minimum atomic E-state index is -6.73. The fraction of sp³-hybridized carbons (Fsp3) is 1.00. The molecule has 0 fully saturated rings. The average molecular weight is 402 g/mol. The van der Waals surface area contributed by atoms with Gasteiger partial charge >= 0.3 is 0 Å². The number of hydrogen-bond donors (Lipinski definition) is 2. The molecule has 0 atom stereocenters. The van der Waals surface area contributed by atoms with Gasteiger partial charge in [-0.25, -0.2) is 0 Å². The molecule has 0 amide bonds. The summed E-state index contributed by atoms with van der Waals surface area (Å²) in [5.41, 5.74) is 0. The maximum Gasteiger partial charge on any atom is 0.117 e. The van der Waals surface area contributed by atoms with Gasteiger partial charge in [-0.1, -0.05) is 0 Å². The molecule has 0 saturated carbocycles. The predicted octanol–water partition coefficient (Wildman–Crippen LogP) is -7.29. The van der Waals surface area contributed by atoms with E-state index in [4.69, 9.17) is 10.2 Å². The fourth-order valence-electron chi connectivity index (χ4n) is 1.18. The Bertz CT molecular complexity index is 500. The normalized spacial score (nSPS) is 15.9. The molecular formula is C4H6O14P4-8. The van der Waals surface area contributed by atoms with Gasteiger partial charge in [0.2, 0.25) is 0 Å². The Kier molecular flexibility index (Phi) is 6.25. The van der Waals surface area contributed by atoms with Gasteiger partial charge in [-0.15, -0.1) is 0 Å². The van der Waals surface area contributed by atoms with Gasteiger partial charge in [-0.05, 0) is 43.2 Å². The second-order valence-electron chi connectivity index (χ2n) is 4.04. The van der Waals surface area contributed by atoms with Crippen molar-refractivity contribution in [3.63, 3.8) is 0 Å². The molecule has 0 rings (SSSR count). The molecular weight excluding hydrogens is 396 g/mol. The molecule has 0 heterocycles. The number of hydrogen-bond acceptors (Lipinski definition) is 14. The summed E-state index contributed by atoms with van der Waals surface area (Å²) in [4.78, 5) is 85.1. The Hall–Kier alpha value is 0.520. The molecule has 0 unspecified atom stereocenters. The van der Waals surface area contributed by atoms with E-state index in [2.05, 4.69) is 0 Å². The molecule has 0 aromatic carbocycles. The van der Waals surface area contributed by atoms with Crippen LogP contribution < -0.4 is 39.1 Å². The van der Waals surface area contributed by atoms with E-state index in [0.717, 1.165) is 0 Å². The Morgan fingerprint density at radius 2 is 0.682 bits per heavy atom. The fourth-order valence-corrected chi connectivity index (χ4v) is 5.13. The van der Waals surface area contributed by atoms with E-state index in [-0.39, 0.29) is 0 Å². The molecule has 0 aromatic heterocycles. The van der Waals surface area contributed by atoms with Crippen LogP contribution in [0.4, 0.5) is 0 Å². The van der Waals surface area contributed by atoms with E-state index in [1.165, 1.54) is 0 Å². The van der Waals surface area contributed by atoms with Crippen LogP contribution in [0.1, 0.15) is 12.8 Å². The van der Waals surface area contributed by atoms with Gasteiger partial charge < -0.3 is 67.6 Å². The lowest BCUT2D eigenvalue weighted by Gasteiger charge is -2.60. The van der Waals surface area contributed by atoms with Crippen molar-refractivity contribution in [2.75, 3.05) is 0 Å². The number of rotatable bonds is 7. The lowest BCUT2D eigenvalue weighted by Crippen LogP contribution is -2.50. The molecule has 0 spiro atoms. The van der Waals surface area contributed by atoms with Gasteiger partial charge in [-0.3, -0.25) is 0 Å². The largest absolute Gasteiger partial charge is 0.808 e. The molecule has 14 nitrogen and oxygen atoms in total. The summed E-state index contributed by atoms with van der Waals surface area (Å²) >= 11 is 0. The minimum absolute atomic E-state index is 2.33. The van der Waals surface area contributed by atoms with E-state index >= 15 is 0 Å². The molecule has 0 aliphatic heterocycles. The highest BCUT2D eigenvalue weighted by Crippen LogP contribution is 2.66. The number of aliphatic hydroxyl groups is 2. The van der Waals surface area contributed by atoms with Crippen molar-refractivity contribution < 1.29 is 67.6 Å². The van der Waals surface area contributed by atoms with Crippen molar-refractivity contribution in [3.05, 3.63) is 0 Å². The van der Waals surface area contributed by atoms with Crippen LogP contribution in [-0.2, 0) is 18.3 Å². The predicted molar refractivity (Wildman–Crippen MR) is 49.6 cm³/mol. The first-order valence-electron chi connectivity index (χ1n) is 4.74. The molecule has 0 aliphatic carbocycles. The van der Waals surface area contributed by atoms with Crippen molar-refractivity contribution in [1.29, 1.82) is 0 Å². The van der Waals surface area contributed by atoms with E-state index < -0.39 is 53.4 Å². The SMILES string of the molecule is O=P([O-])([O-])C(O)(CCC(O)(P(=O)([O-])[O-])P(=O)([O-])[O-])P(=O)([O-])[O-]. The van der Waals surface area contributed by atoms with Gasteiger partial charge in [0.25, 0.3) is 0 Å². The maximum absolute atomic E-state index is 10.6. The first kappa shape index (κ1) is 22.5. The lowest BCUT2D eigenvalue weighted by molar-refractivity contribution is -0.356. The molecule has 18 heteroatoms. The van der Waals surface area contributed by atoms with Crippen LogP contribution in [-0.4, -0.2) is 20.4 Å². The third-order valence-corrected chi connectivity index (χ3v) is 9.89. The van der Waals surface area contributed by atoms with Crippen LogP contribution in [0.25, 0.3) is 0 Å². The van der Waals surface area contributed by atoms with Gasteiger partial charge in [0, 0.05) is 0 Å². The van der Waals surface area contributed by atoms with Crippen LogP contribution in [0, 0.1) is 0 Å². The Labute approximate surface area is 122 Å². The van der Waals surface area contributed by atoms with E-state index in [0.29, 0.717) is 0 Å². The molecule has 2 N–H and O–H groups in total. The average Bonchev–Trinajstić information content (AvgIpc) is 2.18. The monoisotopic (exact) mass is 402 g/mol. The second-order valence-corrected chi connectivity index (χ2v) is 11.7. The topological polar surface area (TPSA) is 293 Å². The highest BCUT2D eigenvalue weighted by molar-refractivity contribution is 7.70. The van der Waals surface area contributed by atoms with Crippen LogP contribution in [0.2, 0.25) is 0 Å². The summed E-state index contributed by atoms with van der Waals surface area (Å²) in [6.45, 7) is 0. The first-order chi connectivity index (χ1) is 9.21. The van der Waals surface area contributed by atoms with Crippen LogP contribution in [0.15, 0.2) is 0 Å². The molecule has 0 aromatic rings. The third kappa shape index (κ3) is 4.13. The Morgan fingerprint density at radius 1 is 0.545 bits per heavy atom. The molecule has 0 aliphatic rings. The Morgan fingerprint density at radius 3 is 0.773 bits per heavy atom. The van der Waals surface area contributed by atoms with Gasteiger partial charge in [-0.2, -0.15) is 0 Å². The van der Waals surface area contributed by atoms with E-state index in [9.17, 15) is 57.4 Å². The van der Waals surface area contributed by atoms with Gasteiger partial charge in [0.15, 0.2) is 0 Å². The molecule has 22 heavy (non-hydrogen) atoms. The highest BCUT2D eigenvalue weighted by Gasteiger charge is 2.42. The molecule has 0 bridgehead atoms. The third-order valence-electron chi connectivity index (χ3n) is 2.55. The summed E-state index contributed by atoms with van der Waals surface area (Å²) < 4.78 is 42.5. The summed E-state index contributed by atoms with van der Waals surface area (Å²) in [5, 5.41) is 8.71. The summed E-state index contributed by atoms with van der Waals surface area (Å²) in [6.07, 6.45) is -4.66. The lowest BCUT2D eigenvalue weighted by atomic mass is 10.3. The van der Waals surface area contributed by atoms with Crippen molar-refractivity contribution in [1.82, 2.24) is 0 Å². The van der Waals surface area contributed by atoms with Crippen molar-refractivity contribution in [2.45, 2.75) is 23.0 Å². The highest BCUT2D eigenvalue weighted by atomic mass is 31.2. The Balaban J connectivity index is 5.94. The summed E-state index contributed by atoms with van der Waals surface area (Å²) in [5.74, 6) is 0.